The number of nitrogens with zero attached hydrogens (tertiary/aromatic N) is 1. The van der Waals surface area contributed by atoms with Gasteiger partial charge in [0.2, 0.25) is 0 Å². The molecule has 0 spiro atoms. The van der Waals surface area contributed by atoms with Crippen molar-refractivity contribution >= 4 is 0 Å². The third-order valence-corrected chi connectivity index (χ3v) is 4.52. The quantitative estimate of drug-likeness (QED) is 0.908. The zero-order valence-electron chi connectivity index (χ0n) is 12.3. The topological polar surface area (TPSA) is 38.5 Å². The predicted octanol–water partition coefficient (Wildman–Crippen LogP) is 2.71. The van der Waals surface area contributed by atoms with Crippen molar-refractivity contribution in [1.82, 2.24) is 4.90 Å². The van der Waals surface area contributed by atoms with Gasteiger partial charge in [0, 0.05) is 24.2 Å². The summed E-state index contributed by atoms with van der Waals surface area (Å²) < 4.78 is 33.4. The summed E-state index contributed by atoms with van der Waals surface area (Å²) in [5, 5.41) is 0. The third kappa shape index (κ3) is 3.19. The second-order valence-electron chi connectivity index (χ2n) is 6.35. The summed E-state index contributed by atoms with van der Waals surface area (Å²) in [7, 11) is 1.97. The van der Waals surface area contributed by atoms with Gasteiger partial charge < -0.3 is 10.5 Å². The third-order valence-electron chi connectivity index (χ3n) is 4.52. The van der Waals surface area contributed by atoms with Crippen LogP contribution < -0.4 is 10.5 Å². The molecule has 2 fully saturated rings. The molecule has 3 nitrogen and oxygen atoms in total. The van der Waals surface area contributed by atoms with Gasteiger partial charge in [-0.25, -0.2) is 8.78 Å². The molecular weight excluding hydrogens is 274 g/mol. The molecule has 0 amide bonds. The van der Waals surface area contributed by atoms with Crippen LogP contribution in [0.25, 0.3) is 0 Å². The van der Waals surface area contributed by atoms with Gasteiger partial charge >= 0.3 is 0 Å². The van der Waals surface area contributed by atoms with E-state index in [9.17, 15) is 8.78 Å². The maximum absolute atomic E-state index is 14.1. The molecule has 1 aromatic carbocycles. The molecule has 1 saturated heterocycles. The summed E-state index contributed by atoms with van der Waals surface area (Å²) in [4.78, 5) is 2.11. The lowest BCUT2D eigenvalue weighted by atomic mass is 9.98. The minimum Gasteiger partial charge on any atom is -0.490 e. The van der Waals surface area contributed by atoms with Gasteiger partial charge in [-0.3, -0.25) is 4.90 Å². The van der Waals surface area contributed by atoms with Crippen molar-refractivity contribution in [3.8, 4) is 5.75 Å². The van der Waals surface area contributed by atoms with E-state index in [4.69, 9.17) is 10.5 Å². The second-order valence-corrected chi connectivity index (χ2v) is 6.35. The van der Waals surface area contributed by atoms with Crippen LogP contribution in [0.2, 0.25) is 0 Å². The van der Waals surface area contributed by atoms with E-state index < -0.39 is 11.6 Å². The number of nitrogens with two attached hydrogens (primary N) is 1. The van der Waals surface area contributed by atoms with Crippen LogP contribution in [0, 0.1) is 23.5 Å². The van der Waals surface area contributed by atoms with E-state index in [1.807, 2.05) is 7.05 Å². The molecule has 3 rings (SSSR count). The van der Waals surface area contributed by atoms with Crippen molar-refractivity contribution in [2.75, 3.05) is 26.7 Å². The molecule has 2 atom stereocenters. The molecule has 0 bridgehead atoms. The van der Waals surface area contributed by atoms with Crippen molar-refractivity contribution in [3.63, 3.8) is 0 Å². The van der Waals surface area contributed by atoms with Crippen LogP contribution >= 0.6 is 0 Å². The van der Waals surface area contributed by atoms with Crippen LogP contribution in [0.4, 0.5) is 8.78 Å². The van der Waals surface area contributed by atoms with Gasteiger partial charge in [-0.05, 0) is 50.8 Å². The predicted molar refractivity (Wildman–Crippen MR) is 77.1 cm³/mol. The molecule has 116 valence electrons. The number of benzene rings is 1. The van der Waals surface area contributed by atoms with E-state index in [1.165, 1.54) is 6.07 Å². The minimum atomic E-state index is -0.602. The fourth-order valence-electron chi connectivity index (χ4n) is 3.11. The summed E-state index contributed by atoms with van der Waals surface area (Å²) in [6.45, 7) is 1.96. The highest BCUT2D eigenvalue weighted by Gasteiger charge is 2.33. The summed E-state index contributed by atoms with van der Waals surface area (Å²) in [5.41, 5.74) is 6.35. The van der Waals surface area contributed by atoms with E-state index >= 15 is 0 Å². The Morgan fingerprint density at radius 3 is 2.67 bits per heavy atom. The minimum absolute atomic E-state index is 0.0297. The first-order valence-electron chi connectivity index (χ1n) is 7.60. The first kappa shape index (κ1) is 14.7. The zero-order chi connectivity index (χ0) is 15.0. The number of hydrogen-bond acceptors (Lipinski definition) is 3. The van der Waals surface area contributed by atoms with Crippen molar-refractivity contribution in [2.24, 2.45) is 17.6 Å². The first-order valence-corrected chi connectivity index (χ1v) is 7.60. The lowest BCUT2D eigenvalue weighted by molar-refractivity contribution is 0.261. The molecule has 21 heavy (non-hydrogen) atoms. The highest BCUT2D eigenvalue weighted by molar-refractivity contribution is 5.38. The summed E-state index contributed by atoms with van der Waals surface area (Å²) >= 11 is 0. The Morgan fingerprint density at radius 2 is 2.05 bits per heavy atom. The van der Waals surface area contributed by atoms with Gasteiger partial charge in [-0.2, -0.15) is 0 Å². The number of rotatable bonds is 5. The molecular formula is C16H22F2N2O. The van der Waals surface area contributed by atoms with Crippen LogP contribution in [-0.2, 0) is 0 Å². The number of hydrogen-bond donors (Lipinski definition) is 1. The van der Waals surface area contributed by atoms with Gasteiger partial charge in [-0.1, -0.05) is 0 Å². The average molecular weight is 296 g/mol. The van der Waals surface area contributed by atoms with E-state index in [0.717, 1.165) is 31.9 Å². The van der Waals surface area contributed by atoms with Gasteiger partial charge in [0.1, 0.15) is 5.82 Å². The van der Waals surface area contributed by atoms with E-state index in [1.54, 1.807) is 0 Å². The molecule has 1 aliphatic heterocycles. The second kappa shape index (κ2) is 5.89. The van der Waals surface area contributed by atoms with E-state index in [2.05, 4.69) is 4.90 Å². The Kier molecular flexibility index (Phi) is 4.13. The highest BCUT2D eigenvalue weighted by Crippen LogP contribution is 2.40. The fourth-order valence-corrected chi connectivity index (χ4v) is 3.11. The Balaban J connectivity index is 1.87. The molecule has 1 saturated carbocycles. The Labute approximate surface area is 124 Å². The van der Waals surface area contributed by atoms with Gasteiger partial charge in [-0.15, -0.1) is 0 Å². The monoisotopic (exact) mass is 296 g/mol. The van der Waals surface area contributed by atoms with Crippen LogP contribution in [-0.4, -0.2) is 31.6 Å². The molecule has 5 heteroatoms. The SMILES string of the molecule is CN1CC(CN)CC1c1cc(F)cc(F)c1OCC1CC1. The Bertz CT molecular complexity index is 519. The maximum Gasteiger partial charge on any atom is 0.168 e. The van der Waals surface area contributed by atoms with Crippen molar-refractivity contribution in [1.29, 1.82) is 0 Å². The molecule has 2 N–H and O–H groups in total. The van der Waals surface area contributed by atoms with Gasteiger partial charge in [0.15, 0.2) is 11.6 Å². The van der Waals surface area contributed by atoms with Crippen LogP contribution in [0.15, 0.2) is 12.1 Å². The number of likely N-dealkylation sites (tertiary alicyclic amines) is 1. The Hall–Kier alpha value is -1.20. The van der Waals surface area contributed by atoms with Crippen molar-refractivity contribution < 1.29 is 13.5 Å². The first-order chi connectivity index (χ1) is 10.1. The zero-order valence-corrected chi connectivity index (χ0v) is 12.3. The van der Waals surface area contributed by atoms with Crippen LogP contribution in [0.3, 0.4) is 0 Å². The molecule has 1 heterocycles. The smallest absolute Gasteiger partial charge is 0.168 e. The van der Waals surface area contributed by atoms with Gasteiger partial charge in [0.05, 0.1) is 6.61 Å². The average Bonchev–Trinajstić information content (AvgIpc) is 3.18. The highest BCUT2D eigenvalue weighted by atomic mass is 19.1. The van der Waals surface area contributed by atoms with Crippen LogP contribution in [0.1, 0.15) is 30.9 Å². The molecule has 0 radical (unpaired) electrons. The van der Waals surface area contributed by atoms with E-state index in [0.29, 0.717) is 30.6 Å². The van der Waals surface area contributed by atoms with Crippen LogP contribution in [0.5, 0.6) is 5.75 Å². The number of ether oxygens (including phenoxy) is 1. The number of halogens is 2. The fraction of sp³-hybridized carbons (Fsp3) is 0.625. The standard InChI is InChI=1S/C16H22F2N2O/c1-20-8-11(7-19)4-15(20)13-5-12(17)6-14(18)16(13)21-9-10-2-3-10/h5-6,10-11,15H,2-4,7-9,19H2,1H3. The summed E-state index contributed by atoms with van der Waals surface area (Å²) in [6, 6.07) is 2.28. The summed E-state index contributed by atoms with van der Waals surface area (Å²) in [6.07, 6.45) is 3.09. The lowest BCUT2D eigenvalue weighted by Crippen LogP contribution is -2.21. The van der Waals surface area contributed by atoms with Gasteiger partial charge in [0.25, 0.3) is 0 Å². The molecule has 2 unspecified atom stereocenters. The van der Waals surface area contributed by atoms with Crippen molar-refractivity contribution in [2.45, 2.75) is 25.3 Å². The Morgan fingerprint density at radius 1 is 1.29 bits per heavy atom. The molecule has 1 aliphatic carbocycles. The maximum atomic E-state index is 14.1. The van der Waals surface area contributed by atoms with E-state index in [-0.39, 0.29) is 11.8 Å². The normalized spacial score (nSPS) is 26.3. The molecule has 0 aromatic heterocycles. The largest absolute Gasteiger partial charge is 0.490 e. The molecule has 1 aromatic rings. The molecule has 2 aliphatic rings. The summed E-state index contributed by atoms with van der Waals surface area (Å²) in [5.74, 6) is -0.0399. The lowest BCUT2D eigenvalue weighted by Gasteiger charge is -2.23. The van der Waals surface area contributed by atoms with Crippen molar-refractivity contribution in [3.05, 3.63) is 29.3 Å².